The zero-order chi connectivity index (χ0) is 22.3. The molecule has 1 aromatic heterocycles. The molecule has 0 bridgehead atoms. The second kappa shape index (κ2) is 8.36. The number of thiocarbonyl (C=S) groups is 1. The Hall–Kier alpha value is -2.84. The summed E-state index contributed by atoms with van der Waals surface area (Å²) >= 11 is 6.49. The summed E-state index contributed by atoms with van der Waals surface area (Å²) in [6.45, 7) is 11.0. The van der Waals surface area contributed by atoms with Gasteiger partial charge in [-0.3, -0.25) is 19.1 Å². The Morgan fingerprint density at radius 1 is 1.16 bits per heavy atom. The molecular formula is C23H23N3O3S2. The highest BCUT2D eigenvalue weighted by molar-refractivity contribution is 8.30. The first-order chi connectivity index (χ1) is 14.9. The third-order valence-corrected chi connectivity index (χ3v) is 6.71. The summed E-state index contributed by atoms with van der Waals surface area (Å²) in [6.07, 6.45) is 5.51. The number of thioether (sulfide) groups is 1. The summed E-state index contributed by atoms with van der Waals surface area (Å²) in [5.41, 5.74) is 4.16. The summed E-state index contributed by atoms with van der Waals surface area (Å²) in [7, 11) is 0. The number of carbonyl (C=O) groups excluding carboxylic acids is 1. The van der Waals surface area contributed by atoms with E-state index in [1.807, 2.05) is 26.0 Å². The number of hydrogen-bond donors (Lipinski definition) is 0. The van der Waals surface area contributed by atoms with Gasteiger partial charge in [-0.25, -0.2) is 0 Å². The lowest BCUT2D eigenvalue weighted by Gasteiger charge is -2.28. The van der Waals surface area contributed by atoms with Crippen LogP contribution in [0.3, 0.4) is 0 Å². The van der Waals surface area contributed by atoms with Gasteiger partial charge in [0.05, 0.1) is 5.70 Å². The summed E-state index contributed by atoms with van der Waals surface area (Å²) in [5, 5.41) is 0. The van der Waals surface area contributed by atoms with Gasteiger partial charge in [0.2, 0.25) is 11.0 Å². The van der Waals surface area contributed by atoms with Crippen LogP contribution in [0.25, 0.3) is 16.7 Å². The highest BCUT2D eigenvalue weighted by Crippen LogP contribution is 2.32. The molecule has 2 aliphatic heterocycles. The van der Waals surface area contributed by atoms with E-state index in [1.165, 1.54) is 15.0 Å². The Balaban J connectivity index is 1.98. The van der Waals surface area contributed by atoms with Crippen molar-refractivity contribution in [3.8, 4) is 0 Å². The molecule has 6 nitrogen and oxygen atoms in total. The van der Waals surface area contributed by atoms with Crippen LogP contribution >= 0.6 is 24.0 Å². The smallest absolute Gasteiger partial charge is 0.298 e. The number of amides is 1. The lowest BCUT2D eigenvalue weighted by atomic mass is 10.0. The van der Waals surface area contributed by atoms with Gasteiger partial charge in [-0.2, -0.15) is 0 Å². The zero-order valence-electron chi connectivity index (χ0n) is 17.7. The SMILES string of the molecule is C=CCN1C(=O)C(=c2oc(=C3C=Cc4cc(C)ccc4N3CC)c(=O)n2CC)SC1=S. The third-order valence-electron chi connectivity index (χ3n) is 5.29. The molecule has 4 rings (SSSR count). The minimum Gasteiger partial charge on any atom is -0.431 e. The third kappa shape index (κ3) is 3.49. The van der Waals surface area contributed by atoms with Crippen molar-refractivity contribution in [1.29, 1.82) is 0 Å². The topological polar surface area (TPSA) is 58.7 Å². The van der Waals surface area contributed by atoms with Crippen LogP contribution in [0.5, 0.6) is 0 Å². The molecule has 1 saturated heterocycles. The molecule has 0 aliphatic carbocycles. The average Bonchev–Trinajstić information content (AvgIpc) is 3.23. The average molecular weight is 454 g/mol. The molecule has 2 aliphatic rings. The minimum absolute atomic E-state index is 0.218. The van der Waals surface area contributed by atoms with Crippen LogP contribution < -0.4 is 21.4 Å². The Kier molecular flexibility index (Phi) is 5.77. The van der Waals surface area contributed by atoms with Gasteiger partial charge < -0.3 is 9.32 Å². The van der Waals surface area contributed by atoms with Crippen LogP contribution in [-0.2, 0) is 11.3 Å². The van der Waals surface area contributed by atoms with E-state index in [0.29, 0.717) is 34.6 Å². The van der Waals surface area contributed by atoms with E-state index in [1.54, 1.807) is 6.08 Å². The Morgan fingerprint density at radius 3 is 2.61 bits per heavy atom. The van der Waals surface area contributed by atoms with Gasteiger partial charge in [-0.1, -0.05) is 36.0 Å². The molecule has 31 heavy (non-hydrogen) atoms. The van der Waals surface area contributed by atoms with Gasteiger partial charge in [0.1, 0.15) is 9.23 Å². The predicted octanol–water partition coefficient (Wildman–Crippen LogP) is 2.59. The Labute approximate surface area is 189 Å². The summed E-state index contributed by atoms with van der Waals surface area (Å²) in [5.74, 6) is -0.269. The molecule has 0 radical (unpaired) electrons. The molecule has 0 N–H and O–H groups in total. The molecule has 0 saturated carbocycles. The molecule has 1 aromatic carbocycles. The lowest BCUT2D eigenvalue weighted by molar-refractivity contribution is -0.120. The van der Waals surface area contributed by atoms with Crippen LogP contribution in [0.4, 0.5) is 5.69 Å². The van der Waals surface area contributed by atoms with Crippen molar-refractivity contribution in [2.45, 2.75) is 27.3 Å². The first-order valence-corrected chi connectivity index (χ1v) is 11.3. The van der Waals surface area contributed by atoms with Gasteiger partial charge in [0.15, 0.2) is 0 Å². The molecule has 0 atom stereocenters. The molecule has 0 unspecified atom stereocenters. The number of anilines is 1. The van der Waals surface area contributed by atoms with Crippen LogP contribution in [0.15, 0.2) is 46.1 Å². The number of fused-ring (bicyclic) bond motifs is 1. The Bertz CT molecular complexity index is 1320. The van der Waals surface area contributed by atoms with Crippen LogP contribution in [-0.4, -0.2) is 32.8 Å². The number of hydrogen-bond acceptors (Lipinski definition) is 6. The van der Waals surface area contributed by atoms with E-state index in [9.17, 15) is 9.59 Å². The minimum atomic E-state index is -0.269. The maximum absolute atomic E-state index is 13.3. The molecule has 8 heteroatoms. The van der Waals surface area contributed by atoms with Crippen LogP contribution in [0.1, 0.15) is 25.0 Å². The van der Waals surface area contributed by atoms with Gasteiger partial charge in [-0.05, 0) is 56.3 Å². The van der Waals surface area contributed by atoms with Gasteiger partial charge in [-0.15, -0.1) is 6.58 Å². The molecule has 1 fully saturated rings. The number of benzene rings is 1. The number of likely N-dealkylation sites (N-methyl/N-ethyl adjacent to an activating group) is 1. The van der Waals surface area contributed by atoms with E-state index in [0.717, 1.165) is 23.0 Å². The van der Waals surface area contributed by atoms with E-state index in [2.05, 4.69) is 36.6 Å². The normalized spacial score (nSPS) is 19.3. The number of nitrogens with zero attached hydrogens (tertiary/aromatic N) is 3. The van der Waals surface area contributed by atoms with Gasteiger partial charge in [0.25, 0.3) is 11.5 Å². The molecule has 1 amide bonds. The lowest BCUT2D eigenvalue weighted by Crippen LogP contribution is -2.37. The zero-order valence-corrected chi connectivity index (χ0v) is 19.3. The number of carbonyl (C=O) groups is 1. The molecule has 2 aromatic rings. The van der Waals surface area contributed by atoms with Crippen molar-refractivity contribution in [2.75, 3.05) is 18.0 Å². The van der Waals surface area contributed by atoms with E-state index >= 15 is 0 Å². The number of aromatic nitrogens is 1. The van der Waals surface area contributed by atoms with Crippen molar-refractivity contribution < 1.29 is 9.21 Å². The Morgan fingerprint density at radius 2 is 1.94 bits per heavy atom. The largest absolute Gasteiger partial charge is 0.431 e. The van der Waals surface area contributed by atoms with Crippen molar-refractivity contribution in [1.82, 2.24) is 9.47 Å². The fraction of sp³-hybridized carbons (Fsp3) is 0.261. The fourth-order valence-electron chi connectivity index (χ4n) is 3.82. The fourth-order valence-corrected chi connectivity index (χ4v) is 5.11. The van der Waals surface area contributed by atoms with Crippen molar-refractivity contribution in [3.63, 3.8) is 0 Å². The molecular weight excluding hydrogens is 430 g/mol. The van der Waals surface area contributed by atoms with Crippen molar-refractivity contribution in [3.05, 3.63) is 69.4 Å². The van der Waals surface area contributed by atoms with Crippen LogP contribution in [0.2, 0.25) is 0 Å². The summed E-state index contributed by atoms with van der Waals surface area (Å²) < 4.78 is 8.03. The molecule has 3 heterocycles. The van der Waals surface area contributed by atoms with E-state index in [-0.39, 0.29) is 22.4 Å². The van der Waals surface area contributed by atoms with E-state index in [4.69, 9.17) is 16.6 Å². The highest BCUT2D eigenvalue weighted by Gasteiger charge is 2.34. The first kappa shape index (κ1) is 21.4. The molecule has 160 valence electrons. The maximum Gasteiger partial charge on any atom is 0.298 e. The molecule has 0 spiro atoms. The van der Waals surface area contributed by atoms with Crippen molar-refractivity contribution in [2.24, 2.45) is 0 Å². The van der Waals surface area contributed by atoms with Gasteiger partial charge >= 0.3 is 0 Å². The predicted molar refractivity (Wildman–Crippen MR) is 130 cm³/mol. The van der Waals surface area contributed by atoms with E-state index < -0.39 is 0 Å². The number of aryl methyl sites for hydroxylation is 1. The highest BCUT2D eigenvalue weighted by atomic mass is 32.2. The summed E-state index contributed by atoms with van der Waals surface area (Å²) in [4.78, 5) is 30.0. The number of oxazole rings is 1. The second-order valence-corrected chi connectivity index (χ2v) is 8.86. The van der Waals surface area contributed by atoms with Crippen LogP contribution in [0, 0.1) is 6.92 Å². The van der Waals surface area contributed by atoms with Gasteiger partial charge in [0, 0.05) is 25.3 Å². The number of rotatable bonds is 4. The summed E-state index contributed by atoms with van der Waals surface area (Å²) in [6, 6.07) is 6.22. The quantitative estimate of drug-likeness (QED) is 0.524. The second-order valence-electron chi connectivity index (χ2n) is 7.21. The van der Waals surface area contributed by atoms with Crippen molar-refractivity contribution >= 4 is 56.6 Å². The standard InChI is InChI=1S/C23H23N3O3S2/c1-5-12-26-21(28)19(31-23(26)30)22-25(7-3)20(27)18(29-22)17-11-9-15-13-14(4)8-10-16(15)24(17)6-2/h5,8-11,13H,1,6-7,12H2,2-4H3. The first-order valence-electron chi connectivity index (χ1n) is 10.1. The monoisotopic (exact) mass is 453 g/mol. The maximum atomic E-state index is 13.3.